The summed E-state index contributed by atoms with van der Waals surface area (Å²) in [5.74, 6) is 2.31. The summed E-state index contributed by atoms with van der Waals surface area (Å²) in [4.78, 5) is 12.6. The summed E-state index contributed by atoms with van der Waals surface area (Å²) >= 11 is 6.41. The zero-order valence-corrected chi connectivity index (χ0v) is 26.4. The van der Waals surface area contributed by atoms with Crippen LogP contribution in [0.5, 0.6) is 11.5 Å². The number of nitrogens with zero attached hydrogens (tertiary/aromatic N) is 1. The van der Waals surface area contributed by atoms with Gasteiger partial charge in [-0.25, -0.2) is 0 Å². The fraction of sp³-hybridized carbons (Fsp3) is 0.639. The van der Waals surface area contributed by atoms with Crippen molar-refractivity contribution >= 4 is 17.6 Å². The molecule has 2 aromatic carbocycles. The maximum absolute atomic E-state index is 12.6. The number of hydrogen-bond acceptors (Lipinski definition) is 3. The van der Waals surface area contributed by atoms with Crippen LogP contribution >= 0.6 is 11.6 Å². The van der Waals surface area contributed by atoms with Gasteiger partial charge in [-0.1, -0.05) is 127 Å². The number of likely N-dealkylation sites (N-methyl/N-ethyl adjacent to an activating group) is 1. The molecule has 0 aromatic heterocycles. The quantitative estimate of drug-likeness (QED) is 0.0996. The number of halogens is 1. The Kier molecular flexibility index (Phi) is 12.9. The Morgan fingerprint density at radius 1 is 0.780 bits per heavy atom. The Labute approximate surface area is 254 Å². The highest BCUT2D eigenvalue weighted by Gasteiger charge is 2.48. The van der Waals surface area contributed by atoms with Crippen molar-refractivity contribution in [1.29, 1.82) is 0 Å². The lowest BCUT2D eigenvalue weighted by Gasteiger charge is -2.29. The van der Waals surface area contributed by atoms with Crippen molar-refractivity contribution in [3.63, 3.8) is 0 Å². The van der Waals surface area contributed by atoms with E-state index in [0.717, 1.165) is 48.0 Å². The minimum atomic E-state index is -0.0571. The van der Waals surface area contributed by atoms with E-state index in [1.807, 2.05) is 18.2 Å². The number of unbranched alkanes of at least 4 members (excludes halogenated alkanes) is 14. The molecule has 226 valence electrons. The first-order valence-corrected chi connectivity index (χ1v) is 16.9. The van der Waals surface area contributed by atoms with Crippen LogP contribution in [-0.4, -0.2) is 37.3 Å². The molecule has 1 unspecified atom stereocenters. The van der Waals surface area contributed by atoms with Crippen LogP contribution in [0.1, 0.15) is 133 Å². The molecule has 0 amide bonds. The van der Waals surface area contributed by atoms with Crippen molar-refractivity contribution in [2.75, 3.05) is 26.9 Å². The molecule has 0 radical (unpaired) electrons. The molecule has 2 aromatic rings. The molecule has 3 atom stereocenters. The lowest BCUT2D eigenvalue weighted by atomic mass is 9.84. The van der Waals surface area contributed by atoms with Crippen LogP contribution in [0, 0.1) is 0 Å². The smallest absolute Gasteiger partial charge is 0.310 e. The van der Waals surface area contributed by atoms with Gasteiger partial charge in [-0.2, -0.15) is 0 Å². The number of ether oxygens (including phenoxy) is 2. The monoisotopic (exact) mass is 582 g/mol. The number of hydrogen-bond donors (Lipinski definition) is 0. The van der Waals surface area contributed by atoms with E-state index in [1.54, 1.807) is 0 Å². The van der Waals surface area contributed by atoms with Gasteiger partial charge in [-0.15, -0.1) is 0 Å². The molecule has 0 saturated carbocycles. The summed E-state index contributed by atoms with van der Waals surface area (Å²) in [5.41, 5.74) is 2.39. The third-order valence-corrected chi connectivity index (χ3v) is 9.43. The molecule has 2 aliphatic heterocycles. The number of para-hydroxylation sites is 1. The molecule has 2 heterocycles. The third-order valence-electron chi connectivity index (χ3n) is 9.19. The van der Waals surface area contributed by atoms with Crippen LogP contribution in [0.25, 0.3) is 0 Å². The minimum absolute atomic E-state index is 0.0571. The highest BCUT2D eigenvalue weighted by molar-refractivity contribution is 6.30. The number of carbonyl (C=O) groups is 1. The van der Waals surface area contributed by atoms with Gasteiger partial charge in [-0.3, -0.25) is 9.28 Å². The molecule has 0 aliphatic carbocycles. The Bertz CT molecular complexity index is 1090. The average molecular weight is 583 g/mol. The SMILES string of the molecule is CCCCCCCCCCCCCCCCCC(=O)OC[N+]1(C)C[C@H]2c3ccccc3Oc3ccc(Cl)cc3[C@@H]2C1. The number of carbonyl (C=O) groups excluding carboxylic acids is 1. The van der Waals surface area contributed by atoms with Crippen LogP contribution in [-0.2, 0) is 9.53 Å². The highest BCUT2D eigenvalue weighted by atomic mass is 35.5. The third kappa shape index (κ3) is 9.75. The van der Waals surface area contributed by atoms with Crippen LogP contribution in [0.4, 0.5) is 0 Å². The molecular formula is C36H53ClNO3+. The van der Waals surface area contributed by atoms with Crippen molar-refractivity contribution < 1.29 is 18.8 Å². The van der Waals surface area contributed by atoms with Gasteiger partial charge >= 0.3 is 5.97 Å². The summed E-state index contributed by atoms with van der Waals surface area (Å²) in [6, 6.07) is 14.3. The van der Waals surface area contributed by atoms with E-state index in [1.165, 1.54) is 89.0 Å². The largest absolute Gasteiger partial charge is 0.457 e. The molecule has 0 N–H and O–H groups in total. The fourth-order valence-corrected chi connectivity index (χ4v) is 7.04. The lowest BCUT2D eigenvalue weighted by Crippen LogP contribution is -2.44. The second kappa shape index (κ2) is 16.6. The van der Waals surface area contributed by atoms with Crippen molar-refractivity contribution in [3.8, 4) is 11.5 Å². The Hall–Kier alpha value is -2.04. The van der Waals surface area contributed by atoms with Crippen molar-refractivity contribution in [1.82, 2.24) is 0 Å². The molecule has 5 heteroatoms. The van der Waals surface area contributed by atoms with Crippen molar-refractivity contribution in [2.45, 2.75) is 121 Å². The fourth-order valence-electron chi connectivity index (χ4n) is 6.86. The number of esters is 1. The van der Waals surface area contributed by atoms with Gasteiger partial charge in [-0.05, 0) is 30.7 Å². The summed E-state index contributed by atoms with van der Waals surface area (Å²) in [7, 11) is 2.21. The van der Waals surface area contributed by atoms with Gasteiger partial charge in [0.05, 0.1) is 20.1 Å². The Balaban J connectivity index is 1.11. The summed E-state index contributed by atoms with van der Waals surface area (Å²) in [5, 5.41) is 0.730. The number of rotatable bonds is 18. The molecule has 41 heavy (non-hydrogen) atoms. The maximum Gasteiger partial charge on any atom is 0.310 e. The molecule has 2 aliphatic rings. The predicted octanol–water partition coefficient (Wildman–Crippen LogP) is 10.5. The van der Waals surface area contributed by atoms with E-state index >= 15 is 0 Å². The van der Waals surface area contributed by atoms with Gasteiger partial charge in [0.25, 0.3) is 0 Å². The number of likely N-dealkylation sites (tertiary alicyclic amines) is 1. The van der Waals surface area contributed by atoms with E-state index in [0.29, 0.717) is 23.6 Å². The summed E-state index contributed by atoms with van der Waals surface area (Å²) < 4.78 is 12.9. The predicted molar refractivity (Wildman–Crippen MR) is 170 cm³/mol. The van der Waals surface area contributed by atoms with Crippen LogP contribution < -0.4 is 4.74 Å². The molecule has 0 bridgehead atoms. The Morgan fingerprint density at radius 3 is 1.95 bits per heavy atom. The van der Waals surface area contributed by atoms with Crippen molar-refractivity contribution in [3.05, 3.63) is 58.6 Å². The first-order chi connectivity index (χ1) is 20.0. The molecule has 0 spiro atoms. The first kappa shape index (κ1) is 31.9. The van der Waals surface area contributed by atoms with E-state index in [9.17, 15) is 4.79 Å². The van der Waals surface area contributed by atoms with Gasteiger partial charge in [0.15, 0.2) is 0 Å². The van der Waals surface area contributed by atoms with Gasteiger partial charge in [0.2, 0.25) is 6.73 Å². The molecular weight excluding hydrogens is 530 g/mol. The van der Waals surface area contributed by atoms with E-state index in [-0.39, 0.29) is 11.9 Å². The summed E-state index contributed by atoms with van der Waals surface area (Å²) in [6.07, 6.45) is 20.4. The molecule has 4 nitrogen and oxygen atoms in total. The topological polar surface area (TPSA) is 35.5 Å². The molecule has 1 saturated heterocycles. The van der Waals surface area contributed by atoms with Gasteiger partial charge in [0, 0.05) is 34.4 Å². The van der Waals surface area contributed by atoms with E-state index in [4.69, 9.17) is 21.1 Å². The van der Waals surface area contributed by atoms with Crippen molar-refractivity contribution in [2.24, 2.45) is 0 Å². The van der Waals surface area contributed by atoms with Crippen LogP contribution in [0.15, 0.2) is 42.5 Å². The van der Waals surface area contributed by atoms with Gasteiger partial charge < -0.3 is 9.47 Å². The standard InChI is InChI=1S/C36H53ClNO3/c1-3-4-5-6-7-8-9-10-11-12-13-14-15-16-17-22-36(39)40-28-38(2)26-32-30-20-18-19-21-34(30)41-35-24-23-29(37)25-31(35)33(32)27-38/h18-21,23-25,32-33H,3-17,22,26-28H2,1-2H3/q+1/t32-,33-,38?/m0/s1. The number of benzene rings is 2. The maximum atomic E-state index is 12.6. The van der Waals surface area contributed by atoms with E-state index < -0.39 is 0 Å². The van der Waals surface area contributed by atoms with Crippen LogP contribution in [0.3, 0.4) is 0 Å². The first-order valence-electron chi connectivity index (χ1n) is 16.5. The van der Waals surface area contributed by atoms with Crippen LogP contribution in [0.2, 0.25) is 5.02 Å². The summed E-state index contributed by atoms with van der Waals surface area (Å²) in [6.45, 7) is 4.50. The van der Waals surface area contributed by atoms with E-state index in [2.05, 4.69) is 38.2 Å². The zero-order chi connectivity index (χ0) is 28.9. The highest BCUT2D eigenvalue weighted by Crippen LogP contribution is 2.51. The Morgan fingerprint density at radius 2 is 1.32 bits per heavy atom. The number of fused-ring (bicyclic) bond motifs is 5. The molecule has 4 rings (SSSR count). The second-order valence-electron chi connectivity index (χ2n) is 12.9. The average Bonchev–Trinajstić information content (AvgIpc) is 3.27. The van der Waals surface area contributed by atoms with Gasteiger partial charge in [0.1, 0.15) is 11.5 Å². The lowest BCUT2D eigenvalue weighted by molar-refractivity contribution is -0.915. The normalized spacial score (nSPS) is 21.0. The number of quaternary nitrogens is 1. The zero-order valence-electron chi connectivity index (χ0n) is 25.7. The minimum Gasteiger partial charge on any atom is -0.457 e. The second-order valence-corrected chi connectivity index (χ2v) is 13.3. The molecule has 1 fully saturated rings.